The van der Waals surface area contributed by atoms with E-state index in [1.165, 1.54) is 29.5 Å². The third kappa shape index (κ3) is 4.20. The third-order valence-electron chi connectivity index (χ3n) is 4.09. The Morgan fingerprint density at radius 2 is 1.81 bits per heavy atom. The zero-order valence-corrected chi connectivity index (χ0v) is 15.7. The van der Waals surface area contributed by atoms with Crippen molar-refractivity contribution in [2.24, 2.45) is 0 Å². The zero-order chi connectivity index (χ0) is 19.4. The fraction of sp³-hybridized carbons (Fsp3) is 0.200. The zero-order valence-electron chi connectivity index (χ0n) is 14.9. The predicted octanol–water partition coefficient (Wildman–Crippen LogP) is 4.05. The molecule has 2 aromatic carbocycles. The molecule has 6 nitrogen and oxygen atoms in total. The van der Waals surface area contributed by atoms with Crippen LogP contribution in [0.5, 0.6) is 23.0 Å². The molecular weight excluding hydrogens is 366 g/mol. The maximum absolute atomic E-state index is 12.3. The maximum Gasteiger partial charge on any atom is 0.163 e. The first-order chi connectivity index (χ1) is 13.0. The number of rotatable bonds is 7. The number of aromatic hydroxyl groups is 2. The van der Waals surface area contributed by atoms with Crippen molar-refractivity contribution in [3.8, 4) is 33.6 Å². The molecule has 7 heteroatoms. The van der Waals surface area contributed by atoms with Gasteiger partial charge in [0.1, 0.15) is 5.01 Å². The van der Waals surface area contributed by atoms with E-state index in [1.54, 1.807) is 14.2 Å². The molecule has 1 aromatic heterocycles. The number of carbonyl (C=O) groups excluding carboxylic acids is 1. The van der Waals surface area contributed by atoms with Crippen LogP contribution in [0.2, 0.25) is 0 Å². The van der Waals surface area contributed by atoms with Gasteiger partial charge in [-0.25, -0.2) is 4.98 Å². The molecule has 0 unspecified atom stereocenters. The first-order valence-electron chi connectivity index (χ1n) is 8.23. The predicted molar refractivity (Wildman–Crippen MR) is 103 cm³/mol. The van der Waals surface area contributed by atoms with Crippen LogP contribution in [0.25, 0.3) is 10.6 Å². The molecule has 0 aliphatic carbocycles. The molecule has 0 bridgehead atoms. The molecule has 0 spiro atoms. The average Bonchev–Trinajstić information content (AvgIpc) is 3.16. The number of ether oxygens (including phenoxy) is 2. The highest BCUT2D eigenvalue weighted by molar-refractivity contribution is 7.13. The number of methoxy groups -OCH3 is 2. The van der Waals surface area contributed by atoms with Gasteiger partial charge in [-0.05, 0) is 42.8 Å². The fourth-order valence-electron chi connectivity index (χ4n) is 2.61. The van der Waals surface area contributed by atoms with E-state index < -0.39 is 0 Å². The molecular formula is C20H19NO5S. The Balaban J connectivity index is 1.69. The number of phenolic OH excluding ortho intramolecular Hbond substituents is 2. The summed E-state index contributed by atoms with van der Waals surface area (Å²) >= 11 is 1.50. The molecule has 27 heavy (non-hydrogen) atoms. The van der Waals surface area contributed by atoms with Gasteiger partial charge in [-0.1, -0.05) is 0 Å². The first kappa shape index (κ1) is 18.7. The van der Waals surface area contributed by atoms with Crippen LogP contribution < -0.4 is 9.47 Å². The SMILES string of the molecule is COc1ccc(-c2nc(CCC(=O)c3ccc(O)c(O)c3)cs2)cc1OC. The van der Waals surface area contributed by atoms with Gasteiger partial charge in [0.25, 0.3) is 0 Å². The van der Waals surface area contributed by atoms with Crippen LogP contribution in [0.15, 0.2) is 41.8 Å². The van der Waals surface area contributed by atoms with Gasteiger partial charge in [-0.15, -0.1) is 11.3 Å². The van der Waals surface area contributed by atoms with Crippen LogP contribution in [0.3, 0.4) is 0 Å². The van der Waals surface area contributed by atoms with Crippen LogP contribution in [0, 0.1) is 0 Å². The van der Waals surface area contributed by atoms with Crippen molar-refractivity contribution in [3.63, 3.8) is 0 Å². The quantitative estimate of drug-likeness (QED) is 0.471. The number of thiazole rings is 1. The molecule has 0 aliphatic heterocycles. The lowest BCUT2D eigenvalue weighted by molar-refractivity contribution is 0.0982. The van der Waals surface area contributed by atoms with Gasteiger partial charge in [0.2, 0.25) is 0 Å². The summed E-state index contributed by atoms with van der Waals surface area (Å²) in [5.41, 5.74) is 2.10. The van der Waals surface area contributed by atoms with Crippen molar-refractivity contribution in [3.05, 3.63) is 53.0 Å². The second-order valence-corrected chi connectivity index (χ2v) is 6.70. The second-order valence-electron chi connectivity index (χ2n) is 5.84. The summed E-state index contributed by atoms with van der Waals surface area (Å²) in [6.45, 7) is 0. The van der Waals surface area contributed by atoms with E-state index in [2.05, 4.69) is 4.98 Å². The summed E-state index contributed by atoms with van der Waals surface area (Å²) in [5, 5.41) is 21.6. The number of hydrogen-bond donors (Lipinski definition) is 2. The van der Waals surface area contributed by atoms with Crippen LogP contribution in [0.1, 0.15) is 22.5 Å². The molecule has 0 fully saturated rings. The van der Waals surface area contributed by atoms with Crippen LogP contribution >= 0.6 is 11.3 Å². The number of aryl methyl sites for hydroxylation is 1. The Bertz CT molecular complexity index is 967. The van der Waals surface area contributed by atoms with Gasteiger partial charge in [0.05, 0.1) is 19.9 Å². The summed E-state index contributed by atoms with van der Waals surface area (Å²) < 4.78 is 10.6. The van der Waals surface area contributed by atoms with Crippen molar-refractivity contribution in [1.29, 1.82) is 0 Å². The van der Waals surface area contributed by atoms with Crippen molar-refractivity contribution < 1.29 is 24.5 Å². The lowest BCUT2D eigenvalue weighted by Gasteiger charge is -2.08. The molecule has 0 amide bonds. The lowest BCUT2D eigenvalue weighted by atomic mass is 10.1. The van der Waals surface area contributed by atoms with E-state index in [0.717, 1.165) is 16.3 Å². The van der Waals surface area contributed by atoms with Crippen molar-refractivity contribution in [2.45, 2.75) is 12.8 Å². The fourth-order valence-corrected chi connectivity index (χ4v) is 3.46. The minimum Gasteiger partial charge on any atom is -0.504 e. The summed E-state index contributed by atoms with van der Waals surface area (Å²) in [6.07, 6.45) is 0.754. The van der Waals surface area contributed by atoms with E-state index in [0.29, 0.717) is 23.5 Å². The van der Waals surface area contributed by atoms with Gasteiger partial charge in [-0.3, -0.25) is 4.79 Å². The topological polar surface area (TPSA) is 88.9 Å². The van der Waals surface area contributed by atoms with E-state index in [-0.39, 0.29) is 23.7 Å². The molecule has 140 valence electrons. The van der Waals surface area contributed by atoms with Crippen molar-refractivity contribution in [2.75, 3.05) is 14.2 Å². The maximum atomic E-state index is 12.3. The molecule has 0 aliphatic rings. The van der Waals surface area contributed by atoms with Crippen molar-refractivity contribution >= 4 is 17.1 Å². The number of benzene rings is 2. The number of carbonyl (C=O) groups is 1. The minimum absolute atomic E-state index is 0.119. The first-order valence-corrected chi connectivity index (χ1v) is 9.11. The van der Waals surface area contributed by atoms with Gasteiger partial charge in [-0.2, -0.15) is 0 Å². The minimum atomic E-state index is -0.301. The summed E-state index contributed by atoms with van der Waals surface area (Å²) in [5.74, 6) is 0.622. The number of aromatic nitrogens is 1. The van der Waals surface area contributed by atoms with Crippen LogP contribution in [0.4, 0.5) is 0 Å². The van der Waals surface area contributed by atoms with Gasteiger partial charge < -0.3 is 19.7 Å². The monoisotopic (exact) mass is 385 g/mol. The Kier molecular flexibility index (Phi) is 5.61. The molecule has 1 heterocycles. The highest BCUT2D eigenvalue weighted by Gasteiger charge is 2.12. The Morgan fingerprint density at radius 1 is 1.04 bits per heavy atom. The molecule has 2 N–H and O–H groups in total. The lowest BCUT2D eigenvalue weighted by Crippen LogP contribution is -2.01. The second kappa shape index (κ2) is 8.09. The Hall–Kier alpha value is -3.06. The summed E-state index contributed by atoms with van der Waals surface area (Å²) in [7, 11) is 3.17. The van der Waals surface area contributed by atoms with Crippen LogP contribution in [-0.4, -0.2) is 35.2 Å². The Labute approximate surface area is 160 Å². The third-order valence-corrected chi connectivity index (χ3v) is 5.03. The van der Waals surface area contributed by atoms with Gasteiger partial charge in [0, 0.05) is 22.9 Å². The number of ketones is 1. The summed E-state index contributed by atoms with van der Waals surface area (Å²) in [6, 6.07) is 9.68. The molecule has 0 saturated carbocycles. The Morgan fingerprint density at radius 3 is 2.52 bits per heavy atom. The van der Waals surface area contributed by atoms with E-state index >= 15 is 0 Å². The molecule has 0 saturated heterocycles. The van der Waals surface area contributed by atoms with Gasteiger partial charge >= 0.3 is 0 Å². The molecule has 0 radical (unpaired) electrons. The summed E-state index contributed by atoms with van der Waals surface area (Å²) in [4.78, 5) is 16.9. The number of nitrogens with zero attached hydrogens (tertiary/aromatic N) is 1. The smallest absolute Gasteiger partial charge is 0.163 e. The highest BCUT2D eigenvalue weighted by atomic mass is 32.1. The number of phenols is 2. The average molecular weight is 385 g/mol. The van der Waals surface area contributed by atoms with Crippen molar-refractivity contribution in [1.82, 2.24) is 4.98 Å². The van der Waals surface area contributed by atoms with E-state index in [9.17, 15) is 15.0 Å². The molecule has 3 aromatic rings. The number of hydrogen-bond acceptors (Lipinski definition) is 7. The van der Waals surface area contributed by atoms with Crippen LogP contribution in [-0.2, 0) is 6.42 Å². The highest BCUT2D eigenvalue weighted by Crippen LogP contribution is 2.33. The van der Waals surface area contributed by atoms with E-state index in [1.807, 2.05) is 23.6 Å². The molecule has 3 rings (SSSR count). The van der Waals surface area contributed by atoms with Gasteiger partial charge in [0.15, 0.2) is 28.8 Å². The number of Topliss-reactive ketones (excluding diaryl/α,β-unsaturated/α-hetero) is 1. The van der Waals surface area contributed by atoms with E-state index in [4.69, 9.17) is 9.47 Å². The standard InChI is InChI=1S/C20H19NO5S/c1-25-18-8-4-13(10-19(18)26-2)20-21-14(11-27-20)5-7-15(22)12-3-6-16(23)17(24)9-12/h3-4,6,8-11,23-24H,5,7H2,1-2H3. The normalized spacial score (nSPS) is 10.6. The molecule has 0 atom stereocenters. The largest absolute Gasteiger partial charge is 0.504 e.